The molecule has 0 radical (unpaired) electrons. The fourth-order valence-corrected chi connectivity index (χ4v) is 3.27. The second-order valence-corrected chi connectivity index (χ2v) is 5.34. The summed E-state index contributed by atoms with van der Waals surface area (Å²) in [4.78, 5) is 13.9. The van der Waals surface area contributed by atoms with Gasteiger partial charge in [-0.15, -0.1) is 0 Å². The fraction of sp³-hybridized carbons (Fsp3) is 0.929. The first-order valence-electron chi connectivity index (χ1n) is 7.25. The molecule has 1 rings (SSSR count). The Balaban J connectivity index is 2.57. The van der Waals surface area contributed by atoms with E-state index in [0.29, 0.717) is 0 Å². The van der Waals surface area contributed by atoms with Crippen LogP contribution in [0.1, 0.15) is 46.0 Å². The second kappa shape index (κ2) is 7.10. The van der Waals surface area contributed by atoms with Gasteiger partial charge in [0.2, 0.25) is 0 Å². The summed E-state index contributed by atoms with van der Waals surface area (Å²) < 4.78 is 0. The summed E-state index contributed by atoms with van der Waals surface area (Å²) >= 11 is 0. The quantitative estimate of drug-likeness (QED) is 0.697. The number of carboxylic acid groups (broad SMARTS) is 1. The summed E-state index contributed by atoms with van der Waals surface area (Å²) in [5.74, 6) is -0.406. The van der Waals surface area contributed by atoms with Gasteiger partial charge in [0.25, 0.3) is 0 Å². The number of nitrogens with one attached hydrogen (secondary N) is 1. The minimum absolute atomic E-state index is 0.269. The Bertz CT molecular complexity index is 271. The van der Waals surface area contributed by atoms with Crippen LogP contribution in [0.25, 0.3) is 0 Å². The molecule has 2 atom stereocenters. The maximum absolute atomic E-state index is 11.5. The maximum Gasteiger partial charge on any atom is 0.324 e. The van der Waals surface area contributed by atoms with Crippen molar-refractivity contribution in [1.82, 2.24) is 10.2 Å². The van der Waals surface area contributed by atoms with Crippen LogP contribution in [-0.2, 0) is 4.79 Å². The molecule has 106 valence electrons. The van der Waals surface area contributed by atoms with Crippen molar-refractivity contribution < 1.29 is 9.90 Å². The molecule has 2 unspecified atom stereocenters. The highest BCUT2D eigenvalue weighted by atomic mass is 16.4. The first-order valence-corrected chi connectivity index (χ1v) is 7.25. The number of rotatable bonds is 8. The van der Waals surface area contributed by atoms with Crippen molar-refractivity contribution >= 4 is 5.97 Å². The van der Waals surface area contributed by atoms with Gasteiger partial charge in [0.1, 0.15) is 5.54 Å². The summed E-state index contributed by atoms with van der Waals surface area (Å²) in [7, 11) is 1.79. The normalized spacial score (nSPS) is 27.9. The van der Waals surface area contributed by atoms with Crippen LogP contribution in [0.3, 0.4) is 0 Å². The van der Waals surface area contributed by atoms with Gasteiger partial charge in [0.05, 0.1) is 0 Å². The lowest BCUT2D eigenvalue weighted by Crippen LogP contribution is -2.53. The van der Waals surface area contributed by atoms with Gasteiger partial charge in [-0.25, -0.2) is 0 Å². The Morgan fingerprint density at radius 1 is 1.44 bits per heavy atom. The minimum atomic E-state index is -0.675. The average molecular weight is 256 g/mol. The van der Waals surface area contributed by atoms with E-state index in [-0.39, 0.29) is 5.92 Å². The van der Waals surface area contributed by atoms with Gasteiger partial charge in [0, 0.05) is 0 Å². The van der Waals surface area contributed by atoms with Crippen LogP contribution in [0.5, 0.6) is 0 Å². The van der Waals surface area contributed by atoms with E-state index in [0.717, 1.165) is 51.7 Å². The topological polar surface area (TPSA) is 52.6 Å². The molecule has 0 aliphatic heterocycles. The molecule has 0 saturated heterocycles. The van der Waals surface area contributed by atoms with E-state index < -0.39 is 11.5 Å². The highest BCUT2D eigenvalue weighted by Gasteiger charge is 2.47. The number of carbonyl (C=O) groups is 1. The van der Waals surface area contributed by atoms with E-state index in [9.17, 15) is 9.90 Å². The highest BCUT2D eigenvalue weighted by Crippen LogP contribution is 2.38. The van der Waals surface area contributed by atoms with Gasteiger partial charge < -0.3 is 15.3 Å². The molecule has 18 heavy (non-hydrogen) atoms. The van der Waals surface area contributed by atoms with Gasteiger partial charge in [0.15, 0.2) is 0 Å². The zero-order valence-corrected chi connectivity index (χ0v) is 12.0. The van der Waals surface area contributed by atoms with Crippen LogP contribution in [0.4, 0.5) is 0 Å². The van der Waals surface area contributed by atoms with Crippen LogP contribution < -0.4 is 5.32 Å². The van der Waals surface area contributed by atoms with E-state index in [1.165, 1.54) is 0 Å². The minimum Gasteiger partial charge on any atom is -0.480 e. The molecule has 0 aromatic heterocycles. The number of nitrogens with zero attached hydrogens (tertiary/aromatic N) is 1. The number of carboxylic acids is 1. The predicted molar refractivity (Wildman–Crippen MR) is 73.8 cm³/mol. The lowest BCUT2D eigenvalue weighted by Gasteiger charge is -2.32. The molecule has 0 aromatic rings. The van der Waals surface area contributed by atoms with E-state index in [4.69, 9.17) is 0 Å². The first-order chi connectivity index (χ1) is 8.60. The number of likely N-dealkylation sites (N-methyl/N-ethyl adjacent to an activating group) is 1. The summed E-state index contributed by atoms with van der Waals surface area (Å²) in [5.41, 5.74) is -0.675. The Kier molecular flexibility index (Phi) is 6.09. The highest BCUT2D eigenvalue weighted by molar-refractivity contribution is 5.79. The standard InChI is InChI=1S/C14H28N2O2/c1-4-10-16(5-2)11-8-12-7-6-9-14(12,15-3)13(17)18/h12,15H,4-11H2,1-3H3,(H,17,18). The van der Waals surface area contributed by atoms with Crippen LogP contribution >= 0.6 is 0 Å². The second-order valence-electron chi connectivity index (χ2n) is 5.34. The third-order valence-electron chi connectivity index (χ3n) is 4.43. The van der Waals surface area contributed by atoms with Crippen molar-refractivity contribution in [2.45, 2.75) is 51.5 Å². The van der Waals surface area contributed by atoms with Crippen LogP contribution in [-0.4, -0.2) is 48.2 Å². The molecule has 0 aromatic carbocycles. The molecule has 1 saturated carbocycles. The zero-order chi connectivity index (χ0) is 13.6. The molecule has 0 heterocycles. The smallest absolute Gasteiger partial charge is 0.324 e. The summed E-state index contributed by atoms with van der Waals surface area (Å²) in [6.07, 6.45) is 4.98. The Labute approximate surface area is 111 Å². The van der Waals surface area contributed by atoms with Gasteiger partial charge in [-0.05, 0) is 58.3 Å². The number of hydrogen-bond acceptors (Lipinski definition) is 3. The fourth-order valence-electron chi connectivity index (χ4n) is 3.27. The van der Waals surface area contributed by atoms with Crippen LogP contribution in [0, 0.1) is 5.92 Å². The molecule has 4 heteroatoms. The summed E-state index contributed by atoms with van der Waals surface area (Å²) in [5, 5.41) is 12.6. The lowest BCUT2D eigenvalue weighted by atomic mass is 9.84. The van der Waals surface area contributed by atoms with Crippen LogP contribution in [0.15, 0.2) is 0 Å². The molecule has 0 bridgehead atoms. The Hall–Kier alpha value is -0.610. The third-order valence-corrected chi connectivity index (χ3v) is 4.43. The van der Waals surface area contributed by atoms with Gasteiger partial charge in [-0.3, -0.25) is 4.79 Å². The molecular formula is C14H28N2O2. The van der Waals surface area contributed by atoms with Gasteiger partial charge >= 0.3 is 5.97 Å². The lowest BCUT2D eigenvalue weighted by molar-refractivity contribution is -0.146. The van der Waals surface area contributed by atoms with Crippen molar-refractivity contribution in [3.05, 3.63) is 0 Å². The van der Waals surface area contributed by atoms with Gasteiger partial charge in [-0.2, -0.15) is 0 Å². The number of aliphatic carboxylic acids is 1. The van der Waals surface area contributed by atoms with Crippen molar-refractivity contribution in [2.75, 3.05) is 26.7 Å². The van der Waals surface area contributed by atoms with E-state index in [2.05, 4.69) is 24.1 Å². The van der Waals surface area contributed by atoms with Crippen molar-refractivity contribution in [1.29, 1.82) is 0 Å². The first kappa shape index (κ1) is 15.4. The van der Waals surface area contributed by atoms with E-state index >= 15 is 0 Å². The average Bonchev–Trinajstić information content (AvgIpc) is 2.78. The molecule has 1 fully saturated rings. The molecule has 1 aliphatic rings. The molecule has 0 spiro atoms. The van der Waals surface area contributed by atoms with Crippen molar-refractivity contribution in [3.8, 4) is 0 Å². The Morgan fingerprint density at radius 2 is 2.17 bits per heavy atom. The molecule has 2 N–H and O–H groups in total. The van der Waals surface area contributed by atoms with Crippen molar-refractivity contribution in [3.63, 3.8) is 0 Å². The predicted octanol–water partition coefficient (Wildman–Crippen LogP) is 1.95. The monoisotopic (exact) mass is 256 g/mol. The summed E-state index contributed by atoms with van der Waals surface area (Å²) in [6.45, 7) is 7.55. The molecule has 4 nitrogen and oxygen atoms in total. The Morgan fingerprint density at radius 3 is 2.67 bits per heavy atom. The van der Waals surface area contributed by atoms with E-state index in [1.807, 2.05) is 0 Å². The molecular weight excluding hydrogens is 228 g/mol. The van der Waals surface area contributed by atoms with Crippen molar-refractivity contribution in [2.24, 2.45) is 5.92 Å². The molecule has 1 aliphatic carbocycles. The maximum atomic E-state index is 11.5. The number of hydrogen-bond donors (Lipinski definition) is 2. The SMILES string of the molecule is CCCN(CC)CCC1CCCC1(NC)C(=O)O. The largest absolute Gasteiger partial charge is 0.480 e. The third kappa shape index (κ3) is 3.23. The zero-order valence-electron chi connectivity index (χ0n) is 12.0. The summed E-state index contributed by atoms with van der Waals surface area (Å²) in [6, 6.07) is 0. The van der Waals surface area contributed by atoms with Gasteiger partial charge in [-0.1, -0.05) is 20.3 Å². The molecule has 0 amide bonds. The van der Waals surface area contributed by atoms with E-state index in [1.54, 1.807) is 7.05 Å². The van der Waals surface area contributed by atoms with Crippen LogP contribution in [0.2, 0.25) is 0 Å².